The van der Waals surface area contributed by atoms with Crippen LogP contribution in [0, 0.1) is 13.8 Å². The highest BCUT2D eigenvalue weighted by Crippen LogP contribution is 2.71. The van der Waals surface area contributed by atoms with Crippen molar-refractivity contribution in [2.45, 2.75) is 37.3 Å². The van der Waals surface area contributed by atoms with Crippen molar-refractivity contribution in [2.75, 3.05) is 33.3 Å². The minimum atomic E-state index is -1.64. The number of benzene rings is 2. The second-order valence-electron chi connectivity index (χ2n) is 11.0. The van der Waals surface area contributed by atoms with E-state index in [1.807, 2.05) is 45.9 Å². The topological polar surface area (TPSA) is 126 Å². The van der Waals surface area contributed by atoms with Crippen LogP contribution in [0.25, 0.3) is 5.57 Å². The summed E-state index contributed by atoms with van der Waals surface area (Å²) in [6, 6.07) is 12.7. The third kappa shape index (κ3) is 5.05. The molecule has 0 unspecified atom stereocenters. The molecule has 10 nitrogen and oxygen atoms in total. The summed E-state index contributed by atoms with van der Waals surface area (Å²) in [5.74, 6) is -3.61. The minimum absolute atomic E-state index is 0.101. The maximum Gasteiger partial charge on any atom is 0.345 e. The Labute approximate surface area is 278 Å². The number of hydrogen-bond acceptors (Lipinski definition) is 12. The monoisotopic (exact) mass is 681 g/mol. The molecule has 0 aliphatic carbocycles. The highest BCUT2D eigenvalue weighted by molar-refractivity contribution is 8.26. The van der Waals surface area contributed by atoms with E-state index in [9.17, 15) is 24.0 Å². The van der Waals surface area contributed by atoms with Crippen molar-refractivity contribution in [3.05, 3.63) is 89.9 Å². The van der Waals surface area contributed by atoms with Crippen molar-refractivity contribution in [3.63, 3.8) is 0 Å². The Hall–Kier alpha value is -3.94. The molecule has 0 radical (unpaired) electrons. The molecular formula is C33H31NO9S3. The molecule has 0 N–H and O–H groups in total. The van der Waals surface area contributed by atoms with E-state index in [0.29, 0.717) is 27.3 Å². The quantitative estimate of drug-likeness (QED) is 0.291. The smallest absolute Gasteiger partial charge is 0.345 e. The molecule has 1 amide bonds. The Bertz CT molecular complexity index is 1780. The summed E-state index contributed by atoms with van der Waals surface area (Å²) in [5.41, 5.74) is 2.55. The van der Waals surface area contributed by atoms with Gasteiger partial charge >= 0.3 is 23.9 Å². The van der Waals surface area contributed by atoms with Crippen molar-refractivity contribution in [3.8, 4) is 0 Å². The zero-order valence-corrected chi connectivity index (χ0v) is 28.8. The molecule has 0 bridgehead atoms. The number of fused-ring (bicyclic) bond motifs is 3. The number of esters is 4. The maximum absolute atomic E-state index is 14.4. The van der Waals surface area contributed by atoms with Gasteiger partial charge in [-0.25, -0.2) is 19.2 Å². The van der Waals surface area contributed by atoms with Crippen molar-refractivity contribution < 1.29 is 42.9 Å². The molecule has 46 heavy (non-hydrogen) atoms. The van der Waals surface area contributed by atoms with Crippen LogP contribution in [0.15, 0.2) is 67.7 Å². The molecule has 2 aromatic rings. The molecule has 0 fully saturated rings. The number of carbonyl (C=O) groups is 5. The summed E-state index contributed by atoms with van der Waals surface area (Å²) in [6.45, 7) is 7.50. The lowest BCUT2D eigenvalue weighted by Gasteiger charge is -2.51. The van der Waals surface area contributed by atoms with Crippen LogP contribution in [0.3, 0.4) is 0 Å². The lowest BCUT2D eigenvalue weighted by molar-refractivity contribution is -0.138. The first-order chi connectivity index (χ1) is 21.8. The van der Waals surface area contributed by atoms with Crippen LogP contribution in [-0.4, -0.2) is 67.8 Å². The average molecular weight is 682 g/mol. The van der Waals surface area contributed by atoms with Gasteiger partial charge in [0, 0.05) is 21.6 Å². The molecule has 0 atom stereocenters. The molecule has 3 aliphatic rings. The lowest BCUT2D eigenvalue weighted by atomic mass is 9.81. The molecule has 0 saturated carbocycles. The molecule has 0 aromatic heterocycles. The van der Waals surface area contributed by atoms with E-state index < -0.39 is 33.5 Å². The first-order valence-corrected chi connectivity index (χ1v) is 16.4. The van der Waals surface area contributed by atoms with Gasteiger partial charge < -0.3 is 18.9 Å². The molecule has 3 aliphatic heterocycles. The van der Waals surface area contributed by atoms with Crippen LogP contribution >= 0.6 is 35.3 Å². The highest BCUT2D eigenvalue weighted by Gasteiger charge is 2.62. The van der Waals surface area contributed by atoms with Crippen molar-refractivity contribution >= 4 is 76.3 Å². The van der Waals surface area contributed by atoms with Gasteiger partial charge in [0.05, 0.1) is 45.2 Å². The summed E-state index contributed by atoms with van der Waals surface area (Å²) in [7, 11) is 4.72. The third-order valence-electron chi connectivity index (χ3n) is 7.79. The maximum atomic E-state index is 14.4. The SMILES string of the molecule is COC(=O)C1=C(C(=O)OC)SC2(S1)C(C(=O)OC)=C(C(=O)OC)SC1=C2c2cc(C)cc(C)c2N(C(=O)c2ccccc2)C1(C)C. The standard InChI is InChI=1S/C33H31NO9S3/c1-16-14-17(2)22-19(15-16)20-26(32(3,4)34(22)27(35)18-12-10-9-11-13-18)44-23(29(37)41-6)21(28(36)40-5)33(20)45-24(30(38)42-7)25(46-33)31(39)43-8/h9-15H,1-8H3. The number of rotatable bonds is 5. The van der Waals surface area contributed by atoms with Crippen molar-refractivity contribution in [2.24, 2.45) is 0 Å². The number of aryl methyl sites for hydroxylation is 2. The Morgan fingerprint density at radius 2 is 1.24 bits per heavy atom. The fourth-order valence-electron chi connectivity index (χ4n) is 5.88. The van der Waals surface area contributed by atoms with Gasteiger partial charge in [0.2, 0.25) is 0 Å². The molecule has 13 heteroatoms. The summed E-state index contributed by atoms with van der Waals surface area (Å²) in [4.78, 5) is 70.1. The summed E-state index contributed by atoms with van der Waals surface area (Å²) in [6.07, 6.45) is 0. The lowest BCUT2D eigenvalue weighted by Crippen LogP contribution is -2.54. The molecule has 240 valence electrons. The van der Waals surface area contributed by atoms with E-state index in [1.165, 1.54) is 28.4 Å². The van der Waals surface area contributed by atoms with Crippen molar-refractivity contribution in [1.82, 2.24) is 0 Å². The average Bonchev–Trinajstić information content (AvgIpc) is 3.43. The summed E-state index contributed by atoms with van der Waals surface area (Å²) < 4.78 is 18.9. The number of anilines is 1. The molecule has 2 aromatic carbocycles. The molecule has 5 rings (SSSR count). The molecule has 0 saturated heterocycles. The van der Waals surface area contributed by atoms with Crippen LogP contribution in [0.1, 0.15) is 40.9 Å². The number of methoxy groups -OCH3 is 4. The fraction of sp³-hybridized carbons (Fsp3) is 0.303. The Kier molecular flexibility index (Phi) is 8.97. The van der Waals surface area contributed by atoms with Gasteiger partial charge in [0.25, 0.3) is 5.91 Å². The predicted octanol–water partition coefficient (Wildman–Crippen LogP) is 5.53. The predicted molar refractivity (Wildman–Crippen MR) is 178 cm³/mol. The zero-order chi connectivity index (χ0) is 33.7. The van der Waals surface area contributed by atoms with E-state index in [1.54, 1.807) is 29.2 Å². The van der Waals surface area contributed by atoms with E-state index in [0.717, 1.165) is 46.4 Å². The third-order valence-corrected chi connectivity index (χ3v) is 12.4. The van der Waals surface area contributed by atoms with Gasteiger partial charge in [-0.15, -0.1) is 0 Å². The van der Waals surface area contributed by atoms with Gasteiger partial charge in [0.15, 0.2) is 0 Å². The van der Waals surface area contributed by atoms with Crippen LogP contribution in [-0.2, 0) is 38.1 Å². The van der Waals surface area contributed by atoms with E-state index in [-0.39, 0.29) is 26.2 Å². The van der Waals surface area contributed by atoms with Gasteiger partial charge in [-0.2, -0.15) is 0 Å². The van der Waals surface area contributed by atoms with E-state index in [2.05, 4.69) is 0 Å². The minimum Gasteiger partial charge on any atom is -0.466 e. The molecular weight excluding hydrogens is 651 g/mol. The normalized spacial score (nSPS) is 17.8. The largest absolute Gasteiger partial charge is 0.466 e. The van der Waals surface area contributed by atoms with Gasteiger partial charge in [-0.3, -0.25) is 9.69 Å². The van der Waals surface area contributed by atoms with Crippen LogP contribution in [0.2, 0.25) is 0 Å². The van der Waals surface area contributed by atoms with Crippen molar-refractivity contribution in [1.29, 1.82) is 0 Å². The Balaban J connectivity index is 1.93. The van der Waals surface area contributed by atoms with Crippen LogP contribution in [0.4, 0.5) is 5.69 Å². The Morgan fingerprint density at radius 1 is 0.717 bits per heavy atom. The number of amides is 1. The highest BCUT2D eigenvalue weighted by atomic mass is 32.2. The second kappa shape index (κ2) is 12.3. The summed E-state index contributed by atoms with van der Waals surface area (Å²) >= 11 is 2.79. The number of hydrogen-bond donors (Lipinski definition) is 0. The first kappa shape index (κ1) is 33.4. The first-order valence-electron chi connectivity index (χ1n) is 13.9. The Morgan fingerprint density at radius 3 is 1.76 bits per heavy atom. The van der Waals surface area contributed by atoms with E-state index in [4.69, 9.17) is 18.9 Å². The van der Waals surface area contributed by atoms with E-state index >= 15 is 0 Å². The van der Waals surface area contributed by atoms with Gasteiger partial charge in [0.1, 0.15) is 18.8 Å². The zero-order valence-electron chi connectivity index (χ0n) is 26.4. The van der Waals surface area contributed by atoms with Gasteiger partial charge in [-0.1, -0.05) is 65.1 Å². The van der Waals surface area contributed by atoms with Crippen LogP contribution < -0.4 is 4.90 Å². The number of thioether (sulfide) groups is 3. The number of carbonyl (C=O) groups excluding carboxylic acids is 5. The number of nitrogens with zero attached hydrogens (tertiary/aromatic N) is 1. The van der Waals surface area contributed by atoms with Crippen LogP contribution in [0.5, 0.6) is 0 Å². The molecule has 1 spiro atoms. The molecule has 3 heterocycles. The van der Waals surface area contributed by atoms with Gasteiger partial charge in [-0.05, 0) is 51.5 Å². The number of ether oxygens (including phenoxy) is 4. The fourth-order valence-corrected chi connectivity index (χ4v) is 10.9. The summed E-state index contributed by atoms with van der Waals surface area (Å²) in [5, 5.41) is 0. The second-order valence-corrected chi connectivity index (χ2v) is 14.7.